The molecule has 0 saturated heterocycles. The second kappa shape index (κ2) is 4.83. The van der Waals surface area contributed by atoms with E-state index in [4.69, 9.17) is 16.3 Å². The summed E-state index contributed by atoms with van der Waals surface area (Å²) in [5, 5.41) is 0.268. The second-order valence-corrected chi connectivity index (χ2v) is 4.58. The van der Waals surface area contributed by atoms with Crippen molar-refractivity contribution in [1.29, 1.82) is 0 Å². The first-order valence-electron chi connectivity index (χ1n) is 5.73. The monoisotopic (exact) mass is 282 g/mol. The maximum Gasteiger partial charge on any atom is 0.161 e. The van der Waals surface area contributed by atoms with Gasteiger partial charge in [0, 0.05) is 23.6 Å². The van der Waals surface area contributed by atoms with Crippen LogP contribution in [0.2, 0.25) is 5.15 Å². The van der Waals surface area contributed by atoms with E-state index < -0.39 is 11.6 Å². The van der Waals surface area contributed by atoms with Gasteiger partial charge in [0.1, 0.15) is 16.8 Å². The predicted octanol–water partition coefficient (Wildman–Crippen LogP) is 3.15. The van der Waals surface area contributed by atoms with Crippen molar-refractivity contribution in [2.75, 3.05) is 6.61 Å². The van der Waals surface area contributed by atoms with Gasteiger partial charge >= 0.3 is 0 Å². The van der Waals surface area contributed by atoms with Gasteiger partial charge in [-0.1, -0.05) is 11.6 Å². The molecule has 1 aliphatic heterocycles. The Labute approximate surface area is 113 Å². The number of benzene rings is 1. The maximum absolute atomic E-state index is 13.2. The van der Waals surface area contributed by atoms with Crippen LogP contribution in [0.1, 0.15) is 11.3 Å². The first-order valence-corrected chi connectivity index (χ1v) is 6.11. The van der Waals surface area contributed by atoms with Gasteiger partial charge < -0.3 is 4.74 Å². The Balaban J connectivity index is 2.12. The molecule has 0 amide bonds. The van der Waals surface area contributed by atoms with Crippen LogP contribution in [0.25, 0.3) is 11.4 Å². The molecule has 1 aliphatic rings. The van der Waals surface area contributed by atoms with E-state index in [1.807, 2.05) is 0 Å². The average Bonchev–Trinajstić information content (AvgIpc) is 2.37. The molecule has 0 N–H and O–H groups in total. The topological polar surface area (TPSA) is 35.0 Å². The quantitative estimate of drug-likeness (QED) is 0.754. The second-order valence-electron chi connectivity index (χ2n) is 4.22. The standard InChI is InChI=1S/C13H9ClF2N2O/c14-12-10-6-19-2-1-11(10)17-13(18-12)7-3-8(15)5-9(16)4-7/h3-5H,1-2,6H2. The Morgan fingerprint density at radius 3 is 2.58 bits per heavy atom. The molecule has 98 valence electrons. The summed E-state index contributed by atoms with van der Waals surface area (Å²) in [4.78, 5) is 8.40. The molecule has 1 aromatic heterocycles. The molecule has 0 bridgehead atoms. The van der Waals surface area contributed by atoms with E-state index in [1.54, 1.807) is 0 Å². The molecule has 0 unspecified atom stereocenters. The van der Waals surface area contributed by atoms with E-state index in [0.717, 1.165) is 17.3 Å². The molecule has 0 saturated carbocycles. The van der Waals surface area contributed by atoms with Crippen molar-refractivity contribution in [2.45, 2.75) is 13.0 Å². The normalized spacial score (nSPS) is 14.3. The maximum atomic E-state index is 13.2. The van der Waals surface area contributed by atoms with Crippen LogP contribution in [0.4, 0.5) is 8.78 Å². The fraction of sp³-hybridized carbons (Fsp3) is 0.231. The number of hydrogen-bond donors (Lipinski definition) is 0. The lowest BCUT2D eigenvalue weighted by Gasteiger charge is -2.17. The van der Waals surface area contributed by atoms with Gasteiger partial charge in [-0.3, -0.25) is 0 Å². The fourth-order valence-corrected chi connectivity index (χ4v) is 2.25. The predicted molar refractivity (Wildman–Crippen MR) is 65.8 cm³/mol. The Morgan fingerprint density at radius 2 is 1.84 bits per heavy atom. The van der Waals surface area contributed by atoms with E-state index >= 15 is 0 Å². The minimum absolute atomic E-state index is 0.226. The zero-order valence-corrected chi connectivity index (χ0v) is 10.5. The minimum atomic E-state index is -0.671. The molecule has 19 heavy (non-hydrogen) atoms. The van der Waals surface area contributed by atoms with Gasteiger partial charge in [0.15, 0.2) is 5.82 Å². The van der Waals surface area contributed by atoms with Gasteiger partial charge in [-0.25, -0.2) is 18.7 Å². The van der Waals surface area contributed by atoms with Crippen LogP contribution in [-0.4, -0.2) is 16.6 Å². The zero-order chi connectivity index (χ0) is 13.4. The van der Waals surface area contributed by atoms with Crippen LogP contribution in [0.3, 0.4) is 0 Å². The van der Waals surface area contributed by atoms with E-state index in [1.165, 1.54) is 12.1 Å². The van der Waals surface area contributed by atoms with Gasteiger partial charge in [0.2, 0.25) is 0 Å². The molecule has 0 radical (unpaired) electrons. The summed E-state index contributed by atoms with van der Waals surface area (Å²) in [6, 6.07) is 3.16. The summed E-state index contributed by atoms with van der Waals surface area (Å²) in [5.74, 6) is -1.12. The molecule has 0 fully saturated rings. The van der Waals surface area contributed by atoms with Crippen LogP contribution in [0.15, 0.2) is 18.2 Å². The smallest absolute Gasteiger partial charge is 0.161 e. The molecule has 2 aromatic rings. The molecule has 0 atom stereocenters. The highest BCUT2D eigenvalue weighted by molar-refractivity contribution is 6.30. The first kappa shape index (κ1) is 12.4. The lowest BCUT2D eigenvalue weighted by atomic mass is 10.1. The van der Waals surface area contributed by atoms with Crippen molar-refractivity contribution < 1.29 is 13.5 Å². The zero-order valence-electron chi connectivity index (χ0n) is 9.79. The average molecular weight is 283 g/mol. The molecule has 0 aliphatic carbocycles. The van der Waals surface area contributed by atoms with Crippen LogP contribution in [-0.2, 0) is 17.8 Å². The number of rotatable bonds is 1. The summed E-state index contributed by atoms with van der Waals surface area (Å²) in [6.07, 6.45) is 0.613. The number of halogens is 3. The van der Waals surface area contributed by atoms with Crippen molar-refractivity contribution in [3.8, 4) is 11.4 Å². The van der Waals surface area contributed by atoms with Crippen molar-refractivity contribution in [3.05, 3.63) is 46.2 Å². The molecule has 6 heteroatoms. The Kier molecular flexibility index (Phi) is 3.16. The molecule has 1 aromatic carbocycles. The molecule has 2 heterocycles. The number of fused-ring (bicyclic) bond motifs is 1. The van der Waals surface area contributed by atoms with E-state index in [0.29, 0.717) is 19.6 Å². The van der Waals surface area contributed by atoms with Crippen molar-refractivity contribution in [1.82, 2.24) is 9.97 Å². The Bertz CT molecular complexity index is 629. The third-order valence-electron chi connectivity index (χ3n) is 2.89. The molecular formula is C13H9ClF2N2O. The van der Waals surface area contributed by atoms with Gasteiger partial charge in [0.25, 0.3) is 0 Å². The lowest BCUT2D eigenvalue weighted by molar-refractivity contribution is 0.109. The summed E-state index contributed by atoms with van der Waals surface area (Å²) in [5.41, 5.74) is 1.79. The molecule has 3 nitrogen and oxygen atoms in total. The number of nitrogens with zero attached hydrogens (tertiary/aromatic N) is 2. The number of ether oxygens (including phenoxy) is 1. The van der Waals surface area contributed by atoms with E-state index in [2.05, 4.69) is 9.97 Å². The third-order valence-corrected chi connectivity index (χ3v) is 3.21. The number of aromatic nitrogens is 2. The van der Waals surface area contributed by atoms with Gasteiger partial charge in [-0.05, 0) is 12.1 Å². The van der Waals surface area contributed by atoms with Crippen molar-refractivity contribution >= 4 is 11.6 Å². The van der Waals surface area contributed by atoms with Crippen LogP contribution in [0.5, 0.6) is 0 Å². The van der Waals surface area contributed by atoms with Gasteiger partial charge in [0.05, 0.1) is 18.9 Å². The summed E-state index contributed by atoms with van der Waals surface area (Å²) in [7, 11) is 0. The summed E-state index contributed by atoms with van der Waals surface area (Å²) < 4.78 is 31.7. The van der Waals surface area contributed by atoms with Crippen LogP contribution >= 0.6 is 11.6 Å². The summed E-state index contributed by atoms with van der Waals surface area (Å²) >= 11 is 6.06. The highest BCUT2D eigenvalue weighted by Gasteiger charge is 2.18. The molecule has 3 rings (SSSR count). The Hall–Kier alpha value is -1.59. The van der Waals surface area contributed by atoms with Crippen LogP contribution in [0, 0.1) is 11.6 Å². The third kappa shape index (κ3) is 2.43. The fourth-order valence-electron chi connectivity index (χ4n) is 2.00. The van der Waals surface area contributed by atoms with Crippen LogP contribution < -0.4 is 0 Å². The Morgan fingerprint density at radius 1 is 1.11 bits per heavy atom. The first-order chi connectivity index (χ1) is 9.13. The molecular weight excluding hydrogens is 274 g/mol. The highest BCUT2D eigenvalue weighted by atomic mass is 35.5. The SMILES string of the molecule is Fc1cc(F)cc(-c2nc(Cl)c3c(n2)CCOC3)c1. The molecule has 0 spiro atoms. The lowest BCUT2D eigenvalue weighted by Crippen LogP contribution is -2.14. The highest BCUT2D eigenvalue weighted by Crippen LogP contribution is 2.26. The van der Waals surface area contributed by atoms with E-state index in [-0.39, 0.29) is 16.5 Å². The van der Waals surface area contributed by atoms with E-state index in [9.17, 15) is 8.78 Å². The minimum Gasteiger partial charge on any atom is -0.376 e. The van der Waals surface area contributed by atoms with Crippen molar-refractivity contribution in [2.24, 2.45) is 0 Å². The number of hydrogen-bond acceptors (Lipinski definition) is 3. The largest absolute Gasteiger partial charge is 0.376 e. The van der Waals surface area contributed by atoms with Crippen molar-refractivity contribution in [3.63, 3.8) is 0 Å². The van der Waals surface area contributed by atoms with Gasteiger partial charge in [-0.2, -0.15) is 0 Å². The summed E-state index contributed by atoms with van der Waals surface area (Å²) in [6.45, 7) is 0.920. The van der Waals surface area contributed by atoms with Gasteiger partial charge in [-0.15, -0.1) is 0 Å².